The van der Waals surface area contributed by atoms with Gasteiger partial charge in [-0.2, -0.15) is 5.26 Å². The van der Waals surface area contributed by atoms with Crippen molar-refractivity contribution in [3.8, 4) is 6.07 Å². The largest absolute Gasteiger partial charge is 0.399 e. The van der Waals surface area contributed by atoms with Crippen LogP contribution in [-0.2, 0) is 5.75 Å². The van der Waals surface area contributed by atoms with Gasteiger partial charge in [-0.25, -0.2) is 8.78 Å². The fraction of sp³-hybridized carbons (Fsp3) is 0.0714. The molecule has 102 valence electrons. The van der Waals surface area contributed by atoms with Crippen molar-refractivity contribution < 1.29 is 8.78 Å². The normalized spacial score (nSPS) is 10.3. The molecule has 0 unspecified atom stereocenters. The monoisotopic (exact) mass is 310 g/mol. The third-order valence-corrected chi connectivity index (χ3v) is 4.06. The van der Waals surface area contributed by atoms with Gasteiger partial charge in [0.15, 0.2) is 0 Å². The average Bonchev–Trinajstić information content (AvgIpc) is 2.39. The van der Waals surface area contributed by atoms with Crippen LogP contribution in [-0.4, -0.2) is 0 Å². The zero-order valence-corrected chi connectivity index (χ0v) is 11.7. The second kappa shape index (κ2) is 6.12. The topological polar surface area (TPSA) is 49.8 Å². The van der Waals surface area contributed by atoms with Crippen molar-refractivity contribution in [1.82, 2.24) is 0 Å². The standard InChI is InChI=1S/C14H9ClF2N2S/c15-11-3-8(6-18)1-2-9(11)7-20-14-12(16)4-10(19)5-13(14)17/h1-5H,7,19H2. The lowest BCUT2D eigenvalue weighted by Crippen LogP contribution is -1.94. The molecule has 2 aromatic rings. The zero-order chi connectivity index (χ0) is 14.7. The van der Waals surface area contributed by atoms with Gasteiger partial charge in [0, 0.05) is 16.5 Å². The van der Waals surface area contributed by atoms with Gasteiger partial charge in [0.1, 0.15) is 11.6 Å². The molecule has 0 bridgehead atoms. The Hall–Kier alpha value is -1.77. The third kappa shape index (κ3) is 3.21. The highest BCUT2D eigenvalue weighted by molar-refractivity contribution is 7.98. The molecule has 0 heterocycles. The Morgan fingerprint density at radius 3 is 2.40 bits per heavy atom. The molecule has 0 aromatic heterocycles. The fourth-order valence-corrected chi connectivity index (χ4v) is 2.87. The molecule has 0 aliphatic heterocycles. The van der Waals surface area contributed by atoms with E-state index in [2.05, 4.69) is 0 Å². The van der Waals surface area contributed by atoms with Crippen LogP contribution in [0.1, 0.15) is 11.1 Å². The van der Waals surface area contributed by atoms with Crippen molar-refractivity contribution in [2.24, 2.45) is 0 Å². The van der Waals surface area contributed by atoms with Crippen molar-refractivity contribution in [3.05, 3.63) is 58.1 Å². The Balaban J connectivity index is 2.20. The van der Waals surface area contributed by atoms with E-state index in [0.717, 1.165) is 23.9 Å². The Bertz CT molecular complexity index is 675. The summed E-state index contributed by atoms with van der Waals surface area (Å²) in [4.78, 5) is -0.0976. The summed E-state index contributed by atoms with van der Waals surface area (Å²) < 4.78 is 27.2. The minimum absolute atomic E-state index is 0.0424. The average molecular weight is 311 g/mol. The van der Waals surface area contributed by atoms with Gasteiger partial charge in [-0.15, -0.1) is 11.8 Å². The number of nitrogen functional groups attached to an aromatic ring is 1. The van der Waals surface area contributed by atoms with Crippen LogP contribution >= 0.6 is 23.4 Å². The van der Waals surface area contributed by atoms with Gasteiger partial charge in [0.25, 0.3) is 0 Å². The molecule has 6 heteroatoms. The molecule has 0 aliphatic carbocycles. The smallest absolute Gasteiger partial charge is 0.141 e. The number of hydrogen-bond acceptors (Lipinski definition) is 3. The first-order valence-electron chi connectivity index (χ1n) is 5.57. The van der Waals surface area contributed by atoms with Gasteiger partial charge in [-0.05, 0) is 29.8 Å². The molecule has 0 saturated carbocycles. The van der Waals surface area contributed by atoms with Crippen molar-refractivity contribution in [1.29, 1.82) is 5.26 Å². The summed E-state index contributed by atoms with van der Waals surface area (Å²) in [6.45, 7) is 0. The Kier molecular flexibility index (Phi) is 4.48. The summed E-state index contributed by atoms with van der Waals surface area (Å²) in [6.07, 6.45) is 0. The molecule has 0 atom stereocenters. The maximum Gasteiger partial charge on any atom is 0.141 e. The maximum absolute atomic E-state index is 13.6. The van der Waals surface area contributed by atoms with E-state index in [9.17, 15) is 8.78 Å². The summed E-state index contributed by atoms with van der Waals surface area (Å²) >= 11 is 7.00. The van der Waals surface area contributed by atoms with Gasteiger partial charge < -0.3 is 5.73 Å². The van der Waals surface area contributed by atoms with Crippen LogP contribution in [0.4, 0.5) is 14.5 Å². The number of thioether (sulfide) groups is 1. The number of benzene rings is 2. The number of nitrogens with zero attached hydrogens (tertiary/aromatic N) is 1. The van der Waals surface area contributed by atoms with Crippen LogP contribution in [0, 0.1) is 23.0 Å². The molecule has 20 heavy (non-hydrogen) atoms. The number of hydrogen-bond donors (Lipinski definition) is 1. The SMILES string of the molecule is N#Cc1ccc(CSc2c(F)cc(N)cc2F)c(Cl)c1. The summed E-state index contributed by atoms with van der Waals surface area (Å²) in [5, 5.41) is 9.13. The summed E-state index contributed by atoms with van der Waals surface area (Å²) in [7, 11) is 0. The molecule has 0 spiro atoms. The molecule has 0 saturated heterocycles. The van der Waals surface area contributed by atoms with Crippen LogP contribution in [0.3, 0.4) is 0 Å². The van der Waals surface area contributed by atoms with E-state index in [1.54, 1.807) is 12.1 Å². The first kappa shape index (κ1) is 14.6. The molecule has 2 aromatic carbocycles. The van der Waals surface area contributed by atoms with E-state index in [4.69, 9.17) is 22.6 Å². The molecule has 2 N–H and O–H groups in total. The number of rotatable bonds is 3. The van der Waals surface area contributed by atoms with E-state index in [1.165, 1.54) is 6.07 Å². The van der Waals surface area contributed by atoms with Gasteiger partial charge in [-0.3, -0.25) is 0 Å². The zero-order valence-electron chi connectivity index (χ0n) is 10.2. The molecular formula is C14H9ClF2N2S. The maximum atomic E-state index is 13.6. The van der Waals surface area contributed by atoms with Gasteiger partial charge >= 0.3 is 0 Å². The number of nitriles is 1. The summed E-state index contributed by atoms with van der Waals surface area (Å²) in [6, 6.07) is 8.92. The van der Waals surface area contributed by atoms with E-state index >= 15 is 0 Å². The molecule has 2 nitrogen and oxygen atoms in total. The van der Waals surface area contributed by atoms with Crippen LogP contribution in [0.25, 0.3) is 0 Å². The third-order valence-electron chi connectivity index (χ3n) is 2.57. The van der Waals surface area contributed by atoms with Crippen molar-refractivity contribution in [2.75, 3.05) is 5.73 Å². The van der Waals surface area contributed by atoms with Crippen molar-refractivity contribution in [2.45, 2.75) is 10.6 Å². The van der Waals surface area contributed by atoms with E-state index in [0.29, 0.717) is 21.9 Å². The summed E-state index contributed by atoms with van der Waals surface area (Å²) in [5.74, 6) is -1.10. The highest BCUT2D eigenvalue weighted by atomic mass is 35.5. The molecule has 0 aliphatic rings. The minimum Gasteiger partial charge on any atom is -0.399 e. The lowest BCUT2D eigenvalue weighted by molar-refractivity contribution is 0.542. The number of halogens is 3. The van der Waals surface area contributed by atoms with E-state index in [1.807, 2.05) is 6.07 Å². The van der Waals surface area contributed by atoms with Gasteiger partial charge in [-0.1, -0.05) is 17.7 Å². The molecule has 0 fully saturated rings. The highest BCUT2D eigenvalue weighted by Gasteiger charge is 2.12. The second-order valence-corrected chi connectivity index (χ2v) is 5.41. The molecule has 0 amide bonds. The quantitative estimate of drug-likeness (QED) is 0.676. The van der Waals surface area contributed by atoms with Crippen LogP contribution in [0.15, 0.2) is 35.2 Å². The number of anilines is 1. The Morgan fingerprint density at radius 2 is 1.85 bits per heavy atom. The molecule has 2 rings (SSSR count). The molecular weight excluding hydrogens is 302 g/mol. The van der Waals surface area contributed by atoms with Gasteiger partial charge in [0.05, 0.1) is 16.5 Å². The van der Waals surface area contributed by atoms with Gasteiger partial charge in [0.2, 0.25) is 0 Å². The molecule has 0 radical (unpaired) electrons. The summed E-state index contributed by atoms with van der Waals surface area (Å²) in [5.41, 5.74) is 6.53. The lowest BCUT2D eigenvalue weighted by atomic mass is 10.2. The lowest BCUT2D eigenvalue weighted by Gasteiger charge is -2.07. The predicted octanol–water partition coefficient (Wildman–Crippen LogP) is 4.36. The van der Waals surface area contributed by atoms with E-state index < -0.39 is 11.6 Å². The highest BCUT2D eigenvalue weighted by Crippen LogP contribution is 2.32. The van der Waals surface area contributed by atoms with Crippen LogP contribution in [0.5, 0.6) is 0 Å². The first-order chi connectivity index (χ1) is 9.51. The van der Waals surface area contributed by atoms with Crippen molar-refractivity contribution >= 4 is 29.1 Å². The van der Waals surface area contributed by atoms with E-state index in [-0.39, 0.29) is 10.6 Å². The van der Waals surface area contributed by atoms with Crippen molar-refractivity contribution in [3.63, 3.8) is 0 Å². The Morgan fingerprint density at radius 1 is 1.20 bits per heavy atom. The second-order valence-electron chi connectivity index (χ2n) is 4.02. The first-order valence-corrected chi connectivity index (χ1v) is 6.93. The number of nitrogens with two attached hydrogens (primary N) is 1. The predicted molar refractivity (Wildman–Crippen MR) is 76.5 cm³/mol. The Labute approximate surface area is 124 Å². The van der Waals surface area contributed by atoms with Crippen LogP contribution in [0.2, 0.25) is 5.02 Å². The fourth-order valence-electron chi connectivity index (χ4n) is 1.60. The van der Waals surface area contributed by atoms with Crippen LogP contribution < -0.4 is 5.73 Å². The minimum atomic E-state index is -0.697.